The molecule has 1 aromatic heterocycles. The van der Waals surface area contributed by atoms with Gasteiger partial charge < -0.3 is 15.8 Å². The van der Waals surface area contributed by atoms with Gasteiger partial charge in [0.25, 0.3) is 5.91 Å². The van der Waals surface area contributed by atoms with Crippen LogP contribution < -0.4 is 15.8 Å². The molecule has 2 rings (SSSR count). The number of hydrogen-bond donors (Lipinski definition) is 2. The Labute approximate surface area is 104 Å². The zero-order valence-corrected chi connectivity index (χ0v) is 9.75. The van der Waals surface area contributed by atoms with E-state index < -0.39 is 5.91 Å². The van der Waals surface area contributed by atoms with Crippen LogP contribution in [-0.4, -0.2) is 23.2 Å². The molecule has 0 bridgehead atoms. The summed E-state index contributed by atoms with van der Waals surface area (Å²) in [4.78, 5) is 10.8. The third-order valence-corrected chi connectivity index (χ3v) is 2.26. The Hall–Kier alpha value is -2.63. The van der Waals surface area contributed by atoms with Crippen molar-refractivity contribution in [2.45, 2.75) is 0 Å². The average Bonchev–Trinajstić information content (AvgIpc) is 2.40. The van der Waals surface area contributed by atoms with Crippen molar-refractivity contribution in [3.8, 4) is 11.6 Å². The number of anilines is 1. The van der Waals surface area contributed by atoms with Gasteiger partial charge >= 0.3 is 0 Å². The van der Waals surface area contributed by atoms with Crippen molar-refractivity contribution < 1.29 is 9.53 Å². The van der Waals surface area contributed by atoms with Gasteiger partial charge in [-0.1, -0.05) is 0 Å². The van der Waals surface area contributed by atoms with Gasteiger partial charge in [-0.15, -0.1) is 10.2 Å². The molecule has 1 heterocycles. The quantitative estimate of drug-likeness (QED) is 0.848. The summed E-state index contributed by atoms with van der Waals surface area (Å²) >= 11 is 0. The lowest BCUT2D eigenvalue weighted by molar-refractivity contribution is 0.0994. The molecule has 0 saturated heterocycles. The van der Waals surface area contributed by atoms with Gasteiger partial charge in [0.1, 0.15) is 5.75 Å². The molecule has 6 nitrogen and oxygen atoms in total. The second-order valence-corrected chi connectivity index (χ2v) is 3.50. The van der Waals surface area contributed by atoms with E-state index in [1.807, 2.05) is 19.2 Å². The highest BCUT2D eigenvalue weighted by molar-refractivity contribution is 5.90. The lowest BCUT2D eigenvalue weighted by atomic mass is 10.3. The Morgan fingerprint density at radius 2 is 1.89 bits per heavy atom. The second-order valence-electron chi connectivity index (χ2n) is 3.50. The predicted molar refractivity (Wildman–Crippen MR) is 66.6 cm³/mol. The maximum atomic E-state index is 10.8. The second kappa shape index (κ2) is 5.13. The van der Waals surface area contributed by atoms with Crippen molar-refractivity contribution in [3.05, 3.63) is 42.1 Å². The van der Waals surface area contributed by atoms with E-state index in [0.29, 0.717) is 11.6 Å². The molecular formula is C12H12N4O2. The molecule has 2 aromatic rings. The molecule has 0 fully saturated rings. The van der Waals surface area contributed by atoms with E-state index in [1.54, 1.807) is 18.2 Å². The number of rotatable bonds is 4. The molecule has 0 radical (unpaired) electrons. The number of amides is 1. The average molecular weight is 244 g/mol. The molecule has 3 N–H and O–H groups in total. The number of ether oxygens (including phenoxy) is 1. The first-order chi connectivity index (χ1) is 8.69. The van der Waals surface area contributed by atoms with Gasteiger partial charge in [-0.3, -0.25) is 4.79 Å². The summed E-state index contributed by atoms with van der Waals surface area (Å²) in [7, 11) is 1.84. The standard InChI is InChI=1S/C12H12N4O2/c1-14-8-2-4-9(5-3-8)18-11-7-6-10(12(13)17)15-16-11/h2-7,14H,1H3,(H2,13,17). The Morgan fingerprint density at radius 1 is 1.17 bits per heavy atom. The highest BCUT2D eigenvalue weighted by Gasteiger charge is 2.04. The van der Waals surface area contributed by atoms with Crippen molar-refractivity contribution >= 4 is 11.6 Å². The van der Waals surface area contributed by atoms with Crippen molar-refractivity contribution in [3.63, 3.8) is 0 Å². The van der Waals surface area contributed by atoms with E-state index in [4.69, 9.17) is 10.5 Å². The molecule has 0 spiro atoms. The number of benzene rings is 1. The van der Waals surface area contributed by atoms with Gasteiger partial charge in [0.15, 0.2) is 5.69 Å². The molecular weight excluding hydrogens is 232 g/mol. The molecule has 0 atom stereocenters. The molecule has 1 aromatic carbocycles. The van der Waals surface area contributed by atoms with Crippen LogP contribution in [0.5, 0.6) is 11.6 Å². The summed E-state index contributed by atoms with van der Waals surface area (Å²) in [5, 5.41) is 10.4. The van der Waals surface area contributed by atoms with Gasteiger partial charge in [-0.05, 0) is 30.3 Å². The van der Waals surface area contributed by atoms with Crippen LogP contribution in [0.15, 0.2) is 36.4 Å². The number of primary amides is 1. The van der Waals surface area contributed by atoms with Crippen LogP contribution >= 0.6 is 0 Å². The smallest absolute Gasteiger partial charge is 0.269 e. The molecule has 0 unspecified atom stereocenters. The van der Waals surface area contributed by atoms with E-state index in [9.17, 15) is 4.79 Å². The van der Waals surface area contributed by atoms with Crippen molar-refractivity contribution in [1.82, 2.24) is 10.2 Å². The van der Waals surface area contributed by atoms with E-state index in [2.05, 4.69) is 15.5 Å². The zero-order valence-electron chi connectivity index (χ0n) is 9.75. The van der Waals surface area contributed by atoms with E-state index in [0.717, 1.165) is 5.69 Å². The number of nitrogens with zero attached hydrogens (tertiary/aromatic N) is 2. The monoisotopic (exact) mass is 244 g/mol. The molecule has 0 saturated carbocycles. The number of hydrogen-bond acceptors (Lipinski definition) is 5. The molecule has 18 heavy (non-hydrogen) atoms. The fraction of sp³-hybridized carbons (Fsp3) is 0.0833. The van der Waals surface area contributed by atoms with Crippen LogP contribution in [0, 0.1) is 0 Å². The number of aromatic nitrogens is 2. The first-order valence-electron chi connectivity index (χ1n) is 5.28. The molecule has 0 aliphatic heterocycles. The van der Waals surface area contributed by atoms with Crippen molar-refractivity contribution in [1.29, 1.82) is 0 Å². The predicted octanol–water partition coefficient (Wildman–Crippen LogP) is 1.41. The zero-order chi connectivity index (χ0) is 13.0. The third-order valence-electron chi connectivity index (χ3n) is 2.26. The highest BCUT2D eigenvalue weighted by atomic mass is 16.5. The van der Waals surface area contributed by atoms with Gasteiger partial charge in [-0.25, -0.2) is 0 Å². The van der Waals surface area contributed by atoms with Crippen LogP contribution in [0.4, 0.5) is 5.69 Å². The Bertz CT molecular complexity index is 537. The van der Waals surface area contributed by atoms with Crippen LogP contribution in [0.25, 0.3) is 0 Å². The van der Waals surface area contributed by atoms with Crippen LogP contribution in [0.2, 0.25) is 0 Å². The largest absolute Gasteiger partial charge is 0.438 e. The third kappa shape index (κ3) is 2.73. The molecule has 92 valence electrons. The summed E-state index contributed by atoms with van der Waals surface area (Å²) in [6.07, 6.45) is 0. The first-order valence-corrected chi connectivity index (χ1v) is 5.28. The van der Waals surface area contributed by atoms with Crippen LogP contribution in [0.3, 0.4) is 0 Å². The van der Waals surface area contributed by atoms with Gasteiger partial charge in [0.05, 0.1) is 0 Å². The minimum atomic E-state index is -0.618. The minimum Gasteiger partial charge on any atom is -0.438 e. The Kier molecular flexibility index (Phi) is 3.38. The minimum absolute atomic E-state index is 0.105. The SMILES string of the molecule is CNc1ccc(Oc2ccc(C(N)=O)nn2)cc1. The number of carbonyl (C=O) groups excluding carboxylic acids is 1. The van der Waals surface area contributed by atoms with Gasteiger partial charge in [0.2, 0.25) is 5.88 Å². The fourth-order valence-corrected chi connectivity index (χ4v) is 1.32. The molecule has 6 heteroatoms. The van der Waals surface area contributed by atoms with Crippen molar-refractivity contribution in [2.75, 3.05) is 12.4 Å². The summed E-state index contributed by atoms with van der Waals surface area (Å²) in [6, 6.07) is 10.4. The van der Waals surface area contributed by atoms with Gasteiger partial charge in [0, 0.05) is 18.8 Å². The lowest BCUT2D eigenvalue weighted by Gasteiger charge is -2.05. The van der Waals surface area contributed by atoms with Gasteiger partial charge in [-0.2, -0.15) is 0 Å². The maximum Gasteiger partial charge on any atom is 0.269 e. The Balaban J connectivity index is 2.10. The number of nitrogens with one attached hydrogen (secondary N) is 1. The normalized spacial score (nSPS) is 9.83. The molecule has 0 aliphatic carbocycles. The molecule has 0 aliphatic rings. The van der Waals surface area contributed by atoms with Crippen LogP contribution in [-0.2, 0) is 0 Å². The fourth-order valence-electron chi connectivity index (χ4n) is 1.32. The summed E-state index contributed by atoms with van der Waals surface area (Å²) < 4.78 is 5.46. The lowest BCUT2D eigenvalue weighted by Crippen LogP contribution is -2.13. The van der Waals surface area contributed by atoms with E-state index >= 15 is 0 Å². The molecule has 1 amide bonds. The number of nitrogens with two attached hydrogens (primary N) is 1. The highest BCUT2D eigenvalue weighted by Crippen LogP contribution is 2.20. The first kappa shape index (κ1) is 11.8. The van der Waals surface area contributed by atoms with E-state index in [1.165, 1.54) is 6.07 Å². The maximum absolute atomic E-state index is 10.8. The Morgan fingerprint density at radius 3 is 2.39 bits per heavy atom. The van der Waals surface area contributed by atoms with Crippen molar-refractivity contribution in [2.24, 2.45) is 5.73 Å². The van der Waals surface area contributed by atoms with Crippen LogP contribution in [0.1, 0.15) is 10.5 Å². The van der Waals surface area contributed by atoms with E-state index in [-0.39, 0.29) is 5.69 Å². The number of carbonyl (C=O) groups is 1. The summed E-state index contributed by atoms with van der Waals surface area (Å²) in [5.74, 6) is 0.319. The summed E-state index contributed by atoms with van der Waals surface area (Å²) in [5.41, 5.74) is 6.15. The topological polar surface area (TPSA) is 90.1 Å². The summed E-state index contributed by atoms with van der Waals surface area (Å²) in [6.45, 7) is 0.